The number of carbonyl (C=O) groups is 1. The fourth-order valence-corrected chi connectivity index (χ4v) is 3.83. The highest BCUT2D eigenvalue weighted by molar-refractivity contribution is 5.95. The van der Waals surface area contributed by atoms with Crippen LogP contribution >= 0.6 is 0 Å². The number of amides is 1. The Labute approximate surface area is 194 Å². The third kappa shape index (κ3) is 4.88. The zero-order valence-corrected chi connectivity index (χ0v) is 18.3. The Morgan fingerprint density at radius 3 is 2.79 bits per heavy atom. The van der Waals surface area contributed by atoms with E-state index in [0.717, 1.165) is 18.4 Å². The molecule has 0 saturated heterocycles. The first kappa shape index (κ1) is 22.0. The van der Waals surface area contributed by atoms with Crippen LogP contribution in [0.1, 0.15) is 28.8 Å². The second kappa shape index (κ2) is 9.18. The normalized spacial score (nSPS) is 16.1. The van der Waals surface area contributed by atoms with E-state index < -0.39 is 10.7 Å². The van der Waals surface area contributed by atoms with E-state index >= 15 is 0 Å². The number of pyridine rings is 1. The topological polar surface area (TPSA) is 115 Å². The van der Waals surface area contributed by atoms with Crippen LogP contribution in [0, 0.1) is 15.9 Å². The Bertz CT molecular complexity index is 1220. The molecule has 3 heterocycles. The van der Waals surface area contributed by atoms with E-state index in [-0.39, 0.29) is 29.3 Å². The van der Waals surface area contributed by atoms with Crippen molar-refractivity contribution in [1.29, 1.82) is 0 Å². The standard InChI is InChI=1S/C23H23FN6O4/c24-19-11-16(2-5-18(19)22(31)26-17-3-4-17)20-6-1-15(12-25-20)13-28-7-8-29-14-21(30(32)33)27-23(29)34-10-9-28/h1-2,5-6,11-12,14,17H,3-4,7-10,13H2,(H,26,31). The van der Waals surface area contributed by atoms with Crippen LogP contribution in [0.3, 0.4) is 0 Å². The SMILES string of the molecule is O=C(NC1CC1)c1ccc(-c2ccc(CN3CCOc4nc([N+](=O)[O-])cn4CC3)cn2)cc1F. The van der Waals surface area contributed by atoms with Gasteiger partial charge in [0.25, 0.3) is 5.91 Å². The molecule has 0 atom stereocenters. The summed E-state index contributed by atoms with van der Waals surface area (Å²) in [7, 11) is 0. The van der Waals surface area contributed by atoms with Crippen molar-refractivity contribution in [2.75, 3.05) is 19.7 Å². The molecule has 176 valence electrons. The summed E-state index contributed by atoms with van der Waals surface area (Å²) in [5.74, 6) is -1.18. The van der Waals surface area contributed by atoms with Gasteiger partial charge in [0.15, 0.2) is 0 Å². The van der Waals surface area contributed by atoms with Crippen molar-refractivity contribution in [3.63, 3.8) is 0 Å². The number of nitrogens with zero attached hydrogens (tertiary/aromatic N) is 5. The van der Waals surface area contributed by atoms with Gasteiger partial charge in [0.05, 0.1) is 11.3 Å². The van der Waals surface area contributed by atoms with E-state index in [9.17, 15) is 19.3 Å². The van der Waals surface area contributed by atoms with Crippen LogP contribution in [-0.2, 0) is 13.1 Å². The summed E-state index contributed by atoms with van der Waals surface area (Å²) in [5.41, 5.74) is 2.23. The van der Waals surface area contributed by atoms with Crippen LogP contribution in [-0.4, -0.2) is 56.0 Å². The number of benzene rings is 1. The number of nitrogens with one attached hydrogen (secondary N) is 1. The summed E-state index contributed by atoms with van der Waals surface area (Å²) in [6.45, 7) is 2.80. The minimum atomic E-state index is -0.568. The lowest BCUT2D eigenvalue weighted by atomic mass is 10.1. The van der Waals surface area contributed by atoms with Crippen molar-refractivity contribution >= 4 is 11.7 Å². The molecular weight excluding hydrogens is 443 g/mol. The number of ether oxygens (including phenoxy) is 1. The van der Waals surface area contributed by atoms with E-state index in [4.69, 9.17) is 4.74 Å². The molecule has 10 nitrogen and oxygen atoms in total. The number of halogens is 1. The highest BCUT2D eigenvalue weighted by Gasteiger charge is 2.25. The summed E-state index contributed by atoms with van der Waals surface area (Å²) in [6, 6.07) is 8.72. The molecule has 2 aliphatic rings. The highest BCUT2D eigenvalue weighted by atomic mass is 19.1. The molecule has 2 aromatic heterocycles. The van der Waals surface area contributed by atoms with Gasteiger partial charge in [-0.3, -0.25) is 19.2 Å². The number of aromatic nitrogens is 3. The number of rotatable bonds is 6. The minimum Gasteiger partial charge on any atom is -0.444 e. The first-order chi connectivity index (χ1) is 16.5. The van der Waals surface area contributed by atoms with E-state index in [1.807, 2.05) is 12.1 Å². The van der Waals surface area contributed by atoms with Gasteiger partial charge in [0, 0.05) is 49.0 Å². The van der Waals surface area contributed by atoms with Crippen molar-refractivity contribution in [2.45, 2.75) is 32.0 Å². The van der Waals surface area contributed by atoms with Crippen molar-refractivity contribution in [1.82, 2.24) is 24.8 Å². The van der Waals surface area contributed by atoms with Gasteiger partial charge in [-0.1, -0.05) is 12.1 Å². The maximum absolute atomic E-state index is 14.5. The lowest BCUT2D eigenvalue weighted by molar-refractivity contribution is -0.389. The van der Waals surface area contributed by atoms with Crippen LogP contribution in [0.4, 0.5) is 10.2 Å². The second-order valence-corrected chi connectivity index (χ2v) is 8.45. The van der Waals surface area contributed by atoms with Crippen LogP contribution < -0.4 is 10.1 Å². The maximum Gasteiger partial charge on any atom is 0.414 e. The van der Waals surface area contributed by atoms with E-state index in [0.29, 0.717) is 44.0 Å². The number of nitro groups is 1. The molecule has 11 heteroatoms. The van der Waals surface area contributed by atoms with E-state index in [1.165, 1.54) is 18.3 Å². The maximum atomic E-state index is 14.5. The van der Waals surface area contributed by atoms with E-state index in [1.54, 1.807) is 16.8 Å². The highest BCUT2D eigenvalue weighted by Crippen LogP contribution is 2.24. The van der Waals surface area contributed by atoms with Crippen molar-refractivity contribution in [3.05, 3.63) is 69.8 Å². The Morgan fingerprint density at radius 2 is 2.09 bits per heavy atom. The molecule has 1 amide bonds. The number of hydrogen-bond donors (Lipinski definition) is 1. The largest absolute Gasteiger partial charge is 0.444 e. The van der Waals surface area contributed by atoms with Gasteiger partial charge >= 0.3 is 11.8 Å². The third-order valence-corrected chi connectivity index (χ3v) is 5.86. The number of carbonyl (C=O) groups excluding carboxylic acids is 1. The summed E-state index contributed by atoms with van der Waals surface area (Å²) >= 11 is 0. The van der Waals surface area contributed by atoms with Gasteiger partial charge in [-0.05, 0) is 41.5 Å². The lowest BCUT2D eigenvalue weighted by Crippen LogP contribution is -2.33. The molecule has 0 bridgehead atoms. The number of imidazole rings is 1. The molecule has 1 aliphatic heterocycles. The molecular formula is C23H23FN6O4. The Balaban J connectivity index is 1.22. The van der Waals surface area contributed by atoms with Gasteiger partial charge in [0.1, 0.15) is 18.6 Å². The average Bonchev–Trinajstić information content (AvgIpc) is 3.53. The molecule has 3 aromatic rings. The van der Waals surface area contributed by atoms with Crippen LogP contribution in [0.5, 0.6) is 6.01 Å². The zero-order valence-electron chi connectivity index (χ0n) is 18.3. The van der Waals surface area contributed by atoms with Crippen molar-refractivity contribution < 1.29 is 18.8 Å². The third-order valence-electron chi connectivity index (χ3n) is 5.86. The Hall–Kier alpha value is -3.86. The molecule has 1 aliphatic carbocycles. The molecule has 1 saturated carbocycles. The molecule has 1 aromatic carbocycles. The summed E-state index contributed by atoms with van der Waals surface area (Å²) in [4.78, 5) is 33.1. The first-order valence-electron chi connectivity index (χ1n) is 11.1. The first-order valence-corrected chi connectivity index (χ1v) is 11.1. The minimum absolute atomic E-state index is 0.0398. The summed E-state index contributed by atoms with van der Waals surface area (Å²) < 4.78 is 21.8. The Kier molecular flexibility index (Phi) is 5.93. The van der Waals surface area contributed by atoms with Gasteiger partial charge in [-0.25, -0.2) is 4.39 Å². The monoisotopic (exact) mass is 466 g/mol. The van der Waals surface area contributed by atoms with Crippen LogP contribution in [0.25, 0.3) is 11.3 Å². The molecule has 0 unspecified atom stereocenters. The predicted molar refractivity (Wildman–Crippen MR) is 120 cm³/mol. The molecule has 0 spiro atoms. The zero-order chi connectivity index (χ0) is 23.7. The molecule has 5 rings (SSSR count). The fourth-order valence-electron chi connectivity index (χ4n) is 3.83. The quantitative estimate of drug-likeness (QED) is 0.439. The predicted octanol–water partition coefficient (Wildman–Crippen LogP) is 2.78. The van der Waals surface area contributed by atoms with Crippen LogP contribution in [0.15, 0.2) is 42.7 Å². The average molecular weight is 466 g/mol. The summed E-state index contributed by atoms with van der Waals surface area (Å²) in [5, 5.41) is 13.7. The van der Waals surface area contributed by atoms with Gasteiger partial charge in [-0.2, -0.15) is 0 Å². The fraction of sp³-hybridized carbons (Fsp3) is 0.348. The lowest BCUT2D eigenvalue weighted by Gasteiger charge is -2.24. The number of fused-ring (bicyclic) bond motifs is 1. The summed E-state index contributed by atoms with van der Waals surface area (Å²) in [6.07, 6.45) is 5.02. The smallest absolute Gasteiger partial charge is 0.414 e. The second-order valence-electron chi connectivity index (χ2n) is 8.45. The molecule has 34 heavy (non-hydrogen) atoms. The van der Waals surface area contributed by atoms with Gasteiger partial charge < -0.3 is 20.2 Å². The van der Waals surface area contributed by atoms with E-state index in [2.05, 4.69) is 20.2 Å². The molecule has 0 radical (unpaired) electrons. The van der Waals surface area contributed by atoms with Crippen molar-refractivity contribution in [2.24, 2.45) is 0 Å². The molecule has 1 fully saturated rings. The number of hydrogen-bond acceptors (Lipinski definition) is 7. The van der Waals surface area contributed by atoms with Gasteiger partial charge in [0.2, 0.25) is 0 Å². The van der Waals surface area contributed by atoms with Crippen LogP contribution in [0.2, 0.25) is 0 Å². The Morgan fingerprint density at radius 1 is 1.24 bits per heavy atom. The van der Waals surface area contributed by atoms with Gasteiger partial charge in [-0.15, -0.1) is 0 Å². The molecule has 1 N–H and O–H groups in total. The van der Waals surface area contributed by atoms with Crippen molar-refractivity contribution in [3.8, 4) is 17.3 Å².